The Balaban J connectivity index is 2.70. The Labute approximate surface area is 133 Å². The van der Waals surface area contributed by atoms with Crippen LogP contribution in [0, 0.1) is 19.8 Å². The highest BCUT2D eigenvalue weighted by Crippen LogP contribution is 2.18. The van der Waals surface area contributed by atoms with E-state index in [-0.39, 0.29) is 17.7 Å². The molecule has 22 heavy (non-hydrogen) atoms. The van der Waals surface area contributed by atoms with Gasteiger partial charge in [0, 0.05) is 31.6 Å². The summed E-state index contributed by atoms with van der Waals surface area (Å²) in [4.78, 5) is 25.6. The molecule has 1 aromatic rings. The van der Waals surface area contributed by atoms with Crippen molar-refractivity contribution in [2.75, 3.05) is 18.0 Å². The topological polar surface area (TPSA) is 49.4 Å². The Kier molecular flexibility index (Phi) is 7.09. The van der Waals surface area contributed by atoms with Crippen molar-refractivity contribution in [2.24, 2.45) is 5.92 Å². The Hall–Kier alpha value is -1.84. The zero-order chi connectivity index (χ0) is 16.7. The molecule has 0 radical (unpaired) electrons. The van der Waals surface area contributed by atoms with Gasteiger partial charge in [0.05, 0.1) is 0 Å². The van der Waals surface area contributed by atoms with Gasteiger partial charge in [0.15, 0.2) is 0 Å². The second kappa shape index (κ2) is 8.57. The van der Waals surface area contributed by atoms with E-state index in [2.05, 4.69) is 11.4 Å². The second-order valence-corrected chi connectivity index (χ2v) is 5.82. The van der Waals surface area contributed by atoms with E-state index in [1.807, 2.05) is 39.8 Å². The first kappa shape index (κ1) is 18.2. The Morgan fingerprint density at radius 2 is 1.64 bits per heavy atom. The SMILES string of the molecule is CCC(CC)C(=O)NCCN(C(C)=O)c1cc(C)cc(C)c1. The highest BCUT2D eigenvalue weighted by molar-refractivity contribution is 5.91. The van der Waals surface area contributed by atoms with Gasteiger partial charge < -0.3 is 10.2 Å². The van der Waals surface area contributed by atoms with Crippen LogP contribution in [0.25, 0.3) is 0 Å². The van der Waals surface area contributed by atoms with E-state index in [9.17, 15) is 9.59 Å². The highest BCUT2D eigenvalue weighted by atomic mass is 16.2. The fourth-order valence-electron chi connectivity index (χ4n) is 2.67. The van der Waals surface area contributed by atoms with Crippen LogP contribution in [0.3, 0.4) is 0 Å². The van der Waals surface area contributed by atoms with Gasteiger partial charge in [-0.05, 0) is 49.9 Å². The standard InChI is InChI=1S/C18H28N2O2/c1-6-16(7-2)18(22)19-8-9-20(15(5)21)17-11-13(3)10-14(4)12-17/h10-12,16H,6-9H2,1-5H3,(H,19,22). The quantitative estimate of drug-likeness (QED) is 0.841. The molecule has 1 aromatic carbocycles. The van der Waals surface area contributed by atoms with Crippen LogP contribution in [0.15, 0.2) is 18.2 Å². The van der Waals surface area contributed by atoms with E-state index in [0.29, 0.717) is 13.1 Å². The summed E-state index contributed by atoms with van der Waals surface area (Å²) in [5.74, 6) is 0.127. The maximum absolute atomic E-state index is 12.0. The first-order chi connectivity index (χ1) is 10.4. The lowest BCUT2D eigenvalue weighted by Crippen LogP contribution is -2.39. The van der Waals surface area contributed by atoms with Crippen molar-refractivity contribution >= 4 is 17.5 Å². The highest BCUT2D eigenvalue weighted by Gasteiger charge is 2.15. The van der Waals surface area contributed by atoms with Crippen molar-refractivity contribution in [1.82, 2.24) is 5.32 Å². The van der Waals surface area contributed by atoms with Crippen LogP contribution in [0.5, 0.6) is 0 Å². The van der Waals surface area contributed by atoms with Crippen LogP contribution in [0.1, 0.15) is 44.7 Å². The van der Waals surface area contributed by atoms with Crippen molar-refractivity contribution in [3.8, 4) is 0 Å². The van der Waals surface area contributed by atoms with Crippen LogP contribution in [0.2, 0.25) is 0 Å². The molecule has 0 aliphatic rings. The second-order valence-electron chi connectivity index (χ2n) is 5.82. The molecule has 1 rings (SSSR count). The molecule has 2 amide bonds. The van der Waals surface area contributed by atoms with E-state index >= 15 is 0 Å². The lowest BCUT2D eigenvalue weighted by atomic mass is 10.0. The predicted octanol–water partition coefficient (Wildman–Crippen LogP) is 3.21. The number of benzene rings is 1. The number of rotatable bonds is 7. The van der Waals surface area contributed by atoms with Gasteiger partial charge in [0.2, 0.25) is 11.8 Å². The number of anilines is 1. The van der Waals surface area contributed by atoms with Gasteiger partial charge in [-0.1, -0.05) is 19.9 Å². The number of nitrogens with one attached hydrogen (secondary N) is 1. The zero-order valence-electron chi connectivity index (χ0n) is 14.4. The summed E-state index contributed by atoms with van der Waals surface area (Å²) >= 11 is 0. The van der Waals surface area contributed by atoms with Crippen molar-refractivity contribution in [3.05, 3.63) is 29.3 Å². The zero-order valence-corrected chi connectivity index (χ0v) is 14.4. The average molecular weight is 304 g/mol. The molecule has 0 heterocycles. The van der Waals surface area contributed by atoms with Gasteiger partial charge in [0.1, 0.15) is 0 Å². The molecule has 122 valence electrons. The van der Waals surface area contributed by atoms with Gasteiger partial charge in [-0.25, -0.2) is 0 Å². The third-order valence-electron chi connectivity index (χ3n) is 3.89. The summed E-state index contributed by atoms with van der Waals surface area (Å²) < 4.78 is 0. The number of nitrogens with zero attached hydrogens (tertiary/aromatic N) is 1. The minimum absolute atomic E-state index is 0.0122. The van der Waals surface area contributed by atoms with Crippen molar-refractivity contribution < 1.29 is 9.59 Å². The fraction of sp³-hybridized carbons (Fsp3) is 0.556. The summed E-state index contributed by atoms with van der Waals surface area (Å²) in [6.45, 7) is 10.6. The first-order valence-electron chi connectivity index (χ1n) is 8.03. The van der Waals surface area contributed by atoms with E-state index in [0.717, 1.165) is 29.7 Å². The molecule has 0 aliphatic carbocycles. The molecule has 0 atom stereocenters. The van der Waals surface area contributed by atoms with Crippen LogP contribution in [-0.4, -0.2) is 24.9 Å². The normalized spacial score (nSPS) is 10.6. The van der Waals surface area contributed by atoms with E-state index in [1.165, 1.54) is 0 Å². The molecule has 0 saturated heterocycles. The minimum atomic E-state index is -0.0122. The number of amides is 2. The third kappa shape index (κ3) is 5.17. The summed E-state index contributed by atoms with van der Waals surface area (Å²) in [7, 11) is 0. The van der Waals surface area contributed by atoms with Gasteiger partial charge in [-0.2, -0.15) is 0 Å². The molecule has 0 saturated carbocycles. The van der Waals surface area contributed by atoms with Crippen molar-refractivity contribution in [3.63, 3.8) is 0 Å². The van der Waals surface area contributed by atoms with Crippen molar-refractivity contribution in [2.45, 2.75) is 47.5 Å². The van der Waals surface area contributed by atoms with Gasteiger partial charge in [-0.3, -0.25) is 9.59 Å². The van der Waals surface area contributed by atoms with Crippen LogP contribution in [-0.2, 0) is 9.59 Å². The summed E-state index contributed by atoms with van der Waals surface area (Å²) in [5, 5.41) is 2.94. The van der Waals surface area contributed by atoms with Crippen LogP contribution >= 0.6 is 0 Å². The summed E-state index contributed by atoms with van der Waals surface area (Å²) in [6, 6.07) is 6.07. The number of aryl methyl sites for hydroxylation is 2. The third-order valence-corrected chi connectivity index (χ3v) is 3.89. The first-order valence-corrected chi connectivity index (χ1v) is 8.03. The molecular formula is C18H28N2O2. The molecule has 0 bridgehead atoms. The maximum Gasteiger partial charge on any atom is 0.223 e. The largest absolute Gasteiger partial charge is 0.354 e. The van der Waals surface area contributed by atoms with Crippen molar-refractivity contribution in [1.29, 1.82) is 0 Å². The molecule has 0 fully saturated rings. The Bertz CT molecular complexity index is 502. The molecule has 0 aliphatic heterocycles. The van der Waals surface area contributed by atoms with E-state index in [1.54, 1.807) is 11.8 Å². The summed E-state index contributed by atoms with van der Waals surface area (Å²) in [6.07, 6.45) is 1.69. The molecule has 0 spiro atoms. The Morgan fingerprint density at radius 1 is 1.09 bits per heavy atom. The summed E-state index contributed by atoms with van der Waals surface area (Å²) in [5.41, 5.74) is 3.14. The molecule has 4 heteroatoms. The van der Waals surface area contributed by atoms with E-state index in [4.69, 9.17) is 0 Å². The average Bonchev–Trinajstić information content (AvgIpc) is 2.43. The minimum Gasteiger partial charge on any atom is -0.354 e. The van der Waals surface area contributed by atoms with Gasteiger partial charge in [0.25, 0.3) is 0 Å². The van der Waals surface area contributed by atoms with Crippen LogP contribution in [0.4, 0.5) is 5.69 Å². The molecular weight excluding hydrogens is 276 g/mol. The number of carbonyl (C=O) groups excluding carboxylic acids is 2. The molecule has 4 nitrogen and oxygen atoms in total. The van der Waals surface area contributed by atoms with Crippen LogP contribution < -0.4 is 10.2 Å². The predicted molar refractivity (Wildman–Crippen MR) is 91.0 cm³/mol. The number of hydrogen-bond donors (Lipinski definition) is 1. The smallest absolute Gasteiger partial charge is 0.223 e. The lowest BCUT2D eigenvalue weighted by molar-refractivity contribution is -0.125. The molecule has 0 aromatic heterocycles. The molecule has 0 unspecified atom stereocenters. The lowest BCUT2D eigenvalue weighted by Gasteiger charge is -2.23. The Morgan fingerprint density at radius 3 is 2.09 bits per heavy atom. The monoisotopic (exact) mass is 304 g/mol. The maximum atomic E-state index is 12.0. The number of carbonyl (C=O) groups is 2. The number of hydrogen-bond acceptors (Lipinski definition) is 2. The fourth-order valence-corrected chi connectivity index (χ4v) is 2.67. The van der Waals surface area contributed by atoms with E-state index < -0.39 is 0 Å². The van der Waals surface area contributed by atoms with Gasteiger partial charge in [-0.15, -0.1) is 0 Å². The molecule has 1 N–H and O–H groups in total. The van der Waals surface area contributed by atoms with Gasteiger partial charge >= 0.3 is 0 Å².